The highest BCUT2D eigenvalue weighted by Crippen LogP contribution is 2.35. The van der Waals surface area contributed by atoms with Crippen LogP contribution in [0, 0.1) is 16.7 Å². The summed E-state index contributed by atoms with van der Waals surface area (Å²) >= 11 is 0. The van der Waals surface area contributed by atoms with Gasteiger partial charge in [0.05, 0.1) is 5.84 Å². The first-order valence-corrected chi connectivity index (χ1v) is 7.28. The third-order valence-corrected chi connectivity index (χ3v) is 4.31. The van der Waals surface area contributed by atoms with Gasteiger partial charge in [-0.05, 0) is 42.6 Å². The molecule has 1 unspecified atom stereocenters. The van der Waals surface area contributed by atoms with E-state index in [-0.39, 0.29) is 0 Å². The van der Waals surface area contributed by atoms with Crippen molar-refractivity contribution >= 4 is 5.84 Å². The fourth-order valence-corrected chi connectivity index (χ4v) is 2.40. The Morgan fingerprint density at radius 1 is 1.26 bits per heavy atom. The second-order valence-corrected chi connectivity index (χ2v) is 6.29. The lowest BCUT2D eigenvalue weighted by molar-refractivity contribution is 0.197. The molecule has 2 heteroatoms. The van der Waals surface area contributed by atoms with Crippen molar-refractivity contribution in [2.24, 2.45) is 17.1 Å². The molecule has 1 aromatic carbocycles. The molecule has 0 heterocycles. The summed E-state index contributed by atoms with van der Waals surface area (Å²) in [5, 5.41) is 7.28. The number of hydrogen-bond acceptors (Lipinski definition) is 1. The first-order chi connectivity index (χ1) is 8.92. The monoisotopic (exact) mass is 260 g/mol. The average molecular weight is 260 g/mol. The maximum absolute atomic E-state index is 7.28. The first-order valence-electron chi connectivity index (χ1n) is 7.28. The van der Waals surface area contributed by atoms with Crippen LogP contribution in [0.4, 0.5) is 0 Å². The Morgan fingerprint density at radius 3 is 2.47 bits per heavy atom. The van der Waals surface area contributed by atoms with Crippen molar-refractivity contribution in [1.82, 2.24) is 0 Å². The molecule has 1 atom stereocenters. The third kappa shape index (κ3) is 5.91. The lowest BCUT2D eigenvalue weighted by atomic mass is 9.74. The highest BCUT2D eigenvalue weighted by Gasteiger charge is 2.24. The van der Waals surface area contributed by atoms with Gasteiger partial charge in [-0.15, -0.1) is 0 Å². The van der Waals surface area contributed by atoms with Crippen LogP contribution in [0.1, 0.15) is 52.0 Å². The summed E-state index contributed by atoms with van der Waals surface area (Å²) in [4.78, 5) is 0. The maximum Gasteiger partial charge on any atom is 0.0905 e. The van der Waals surface area contributed by atoms with Crippen molar-refractivity contribution in [2.75, 3.05) is 0 Å². The van der Waals surface area contributed by atoms with E-state index < -0.39 is 0 Å². The van der Waals surface area contributed by atoms with Crippen LogP contribution in [0.3, 0.4) is 0 Å². The van der Waals surface area contributed by atoms with Crippen molar-refractivity contribution in [2.45, 2.75) is 52.9 Å². The van der Waals surface area contributed by atoms with Crippen LogP contribution < -0.4 is 5.73 Å². The first kappa shape index (κ1) is 15.7. The molecule has 0 spiro atoms. The fraction of sp³-hybridized carbons (Fsp3) is 0.588. The molecule has 1 aromatic rings. The van der Waals surface area contributed by atoms with Crippen LogP contribution in [0.25, 0.3) is 0 Å². The van der Waals surface area contributed by atoms with Crippen LogP contribution in [0.15, 0.2) is 30.3 Å². The van der Waals surface area contributed by atoms with Gasteiger partial charge in [0.2, 0.25) is 0 Å². The Bertz CT molecular complexity index is 382. The Balaban J connectivity index is 2.38. The Hall–Kier alpha value is -1.31. The molecule has 0 aliphatic rings. The molecule has 0 radical (unpaired) electrons. The van der Waals surface area contributed by atoms with E-state index in [1.54, 1.807) is 0 Å². The number of benzene rings is 1. The van der Waals surface area contributed by atoms with Gasteiger partial charge in [-0.25, -0.2) is 0 Å². The van der Waals surface area contributed by atoms with E-state index >= 15 is 0 Å². The van der Waals surface area contributed by atoms with Crippen LogP contribution in [-0.4, -0.2) is 5.84 Å². The van der Waals surface area contributed by atoms with E-state index in [2.05, 4.69) is 51.1 Å². The highest BCUT2D eigenvalue weighted by molar-refractivity contribution is 5.76. The largest absolute Gasteiger partial charge is 0.388 e. The van der Waals surface area contributed by atoms with E-state index in [0.717, 1.165) is 25.7 Å². The molecule has 0 saturated heterocycles. The van der Waals surface area contributed by atoms with Gasteiger partial charge in [-0.2, -0.15) is 0 Å². The summed E-state index contributed by atoms with van der Waals surface area (Å²) in [6, 6.07) is 10.7. The van der Waals surface area contributed by atoms with Crippen molar-refractivity contribution in [3.8, 4) is 0 Å². The number of nitrogens with one attached hydrogen (secondary N) is 1. The Morgan fingerprint density at radius 2 is 1.89 bits per heavy atom. The predicted octanol–water partition coefficient (Wildman–Crippen LogP) is 4.39. The van der Waals surface area contributed by atoms with E-state index in [1.807, 2.05) is 0 Å². The summed E-state index contributed by atoms with van der Waals surface area (Å²) in [5.74, 6) is 0.993. The van der Waals surface area contributed by atoms with Crippen LogP contribution in [0.5, 0.6) is 0 Å². The number of aryl methyl sites for hydroxylation is 1. The molecule has 0 aliphatic carbocycles. The van der Waals surface area contributed by atoms with Gasteiger partial charge < -0.3 is 5.73 Å². The van der Waals surface area contributed by atoms with E-state index in [1.165, 1.54) is 12.0 Å². The van der Waals surface area contributed by atoms with Crippen molar-refractivity contribution < 1.29 is 0 Å². The molecule has 1 rings (SSSR count). The summed E-state index contributed by atoms with van der Waals surface area (Å²) in [5.41, 5.74) is 7.16. The Labute approximate surface area is 117 Å². The summed E-state index contributed by atoms with van der Waals surface area (Å²) in [6.45, 7) is 7.02. The molecule has 0 aromatic heterocycles. The van der Waals surface area contributed by atoms with Crippen LogP contribution >= 0.6 is 0 Å². The fourth-order valence-electron chi connectivity index (χ4n) is 2.40. The second kappa shape index (κ2) is 7.32. The van der Waals surface area contributed by atoms with Crippen LogP contribution in [0.2, 0.25) is 0 Å². The molecular formula is C17H28N2. The molecule has 0 fully saturated rings. The van der Waals surface area contributed by atoms with Crippen molar-refractivity contribution in [3.05, 3.63) is 35.9 Å². The number of nitrogens with two attached hydrogens (primary N) is 1. The molecule has 0 saturated carbocycles. The van der Waals surface area contributed by atoms with Gasteiger partial charge in [0.25, 0.3) is 0 Å². The summed E-state index contributed by atoms with van der Waals surface area (Å²) in [7, 11) is 0. The molecule has 0 aliphatic heterocycles. The number of amidine groups is 1. The standard InChI is InChI=1S/C17H28N2/c1-14(11-12-15-8-5-4-6-9-15)17(2,3)13-7-10-16(18)19/h4-6,8-9,14H,7,10-13H2,1-3H3,(H3,18,19). The normalized spacial score (nSPS) is 13.2. The van der Waals surface area contributed by atoms with Gasteiger partial charge in [-0.1, -0.05) is 51.1 Å². The summed E-state index contributed by atoms with van der Waals surface area (Å²) < 4.78 is 0. The van der Waals surface area contributed by atoms with E-state index in [0.29, 0.717) is 17.2 Å². The molecular weight excluding hydrogens is 232 g/mol. The zero-order chi connectivity index (χ0) is 14.3. The quantitative estimate of drug-likeness (QED) is 0.528. The second-order valence-electron chi connectivity index (χ2n) is 6.29. The van der Waals surface area contributed by atoms with Gasteiger partial charge in [-0.3, -0.25) is 5.41 Å². The zero-order valence-electron chi connectivity index (χ0n) is 12.6. The zero-order valence-corrected chi connectivity index (χ0v) is 12.6. The predicted molar refractivity (Wildman–Crippen MR) is 83.5 cm³/mol. The lowest BCUT2D eigenvalue weighted by Gasteiger charge is -2.32. The average Bonchev–Trinajstić information content (AvgIpc) is 2.36. The molecule has 0 bridgehead atoms. The molecule has 2 nitrogen and oxygen atoms in total. The van der Waals surface area contributed by atoms with Gasteiger partial charge >= 0.3 is 0 Å². The molecule has 3 N–H and O–H groups in total. The molecule has 19 heavy (non-hydrogen) atoms. The van der Waals surface area contributed by atoms with E-state index in [4.69, 9.17) is 11.1 Å². The number of rotatable bonds is 8. The van der Waals surface area contributed by atoms with Crippen LogP contribution in [-0.2, 0) is 6.42 Å². The minimum Gasteiger partial charge on any atom is -0.388 e. The third-order valence-electron chi connectivity index (χ3n) is 4.31. The lowest BCUT2D eigenvalue weighted by Crippen LogP contribution is -2.23. The minimum atomic E-state index is 0.313. The topological polar surface area (TPSA) is 49.9 Å². The SMILES string of the molecule is CC(CCc1ccccc1)C(C)(C)CCCC(=N)N. The summed E-state index contributed by atoms with van der Waals surface area (Å²) in [6.07, 6.45) is 5.27. The Kier molecular flexibility index (Phi) is 6.07. The van der Waals surface area contributed by atoms with Crippen molar-refractivity contribution in [3.63, 3.8) is 0 Å². The maximum atomic E-state index is 7.28. The van der Waals surface area contributed by atoms with Gasteiger partial charge in [0.15, 0.2) is 0 Å². The van der Waals surface area contributed by atoms with Crippen molar-refractivity contribution in [1.29, 1.82) is 5.41 Å². The molecule has 106 valence electrons. The molecule has 0 amide bonds. The highest BCUT2D eigenvalue weighted by atomic mass is 14.7. The smallest absolute Gasteiger partial charge is 0.0905 e. The minimum absolute atomic E-state index is 0.313. The number of hydrogen-bond donors (Lipinski definition) is 2. The van der Waals surface area contributed by atoms with Gasteiger partial charge in [0, 0.05) is 6.42 Å². The van der Waals surface area contributed by atoms with Gasteiger partial charge in [0.1, 0.15) is 0 Å². The van der Waals surface area contributed by atoms with E-state index in [9.17, 15) is 0 Å².